The van der Waals surface area contributed by atoms with Gasteiger partial charge in [0.25, 0.3) is 5.91 Å². The summed E-state index contributed by atoms with van der Waals surface area (Å²) in [5, 5.41) is 19.7. The van der Waals surface area contributed by atoms with Crippen molar-refractivity contribution in [2.75, 3.05) is 86.8 Å². The van der Waals surface area contributed by atoms with Gasteiger partial charge in [-0.15, -0.1) is 0 Å². The minimum absolute atomic E-state index is 0.0179. The number of hydrazine groups is 1. The van der Waals surface area contributed by atoms with Crippen LogP contribution in [0.4, 0.5) is 9.59 Å². The van der Waals surface area contributed by atoms with E-state index < -0.39 is 99.3 Å². The summed E-state index contributed by atoms with van der Waals surface area (Å²) in [5.41, 5.74) is -1.13. The largest absolute Gasteiger partial charge is 0.453 e. The van der Waals surface area contributed by atoms with Crippen molar-refractivity contribution in [1.29, 1.82) is 0 Å². The number of aromatic nitrogens is 1. The zero-order chi connectivity index (χ0) is 57.7. The predicted octanol–water partition coefficient (Wildman–Crippen LogP) is 4.29. The van der Waals surface area contributed by atoms with Gasteiger partial charge in [-0.1, -0.05) is 102 Å². The zero-order valence-electron chi connectivity index (χ0n) is 49.1. The van der Waals surface area contributed by atoms with Crippen molar-refractivity contribution < 1.29 is 72.5 Å². The molecule has 18 heteroatoms. The zero-order valence-corrected chi connectivity index (χ0v) is 38.1. The lowest BCUT2D eigenvalue weighted by Crippen LogP contribution is -2.61. The molecule has 0 saturated heterocycles. The van der Waals surface area contributed by atoms with Crippen LogP contribution in [0.3, 0.4) is 0 Å². The molecule has 3 aromatic rings. The van der Waals surface area contributed by atoms with Gasteiger partial charge >= 0.3 is 12.2 Å². The Morgan fingerprint density at radius 3 is 1.79 bits per heavy atom. The molecular weight excluding hydrogens is 853 g/mol. The van der Waals surface area contributed by atoms with E-state index in [4.69, 9.17) is 45.5 Å². The second-order valence-electron chi connectivity index (χ2n) is 15.8. The van der Waals surface area contributed by atoms with E-state index in [-0.39, 0.29) is 45.0 Å². The summed E-state index contributed by atoms with van der Waals surface area (Å²) >= 11 is 0. The van der Waals surface area contributed by atoms with Crippen molar-refractivity contribution in [3.8, 4) is 11.3 Å². The molecule has 5 N–H and O–H groups in total. The standard InChI is InChI=1S/C48H72N6O12/c1-47(2,3)41(52-46(59)66-31-30-65-29-28-64-27-26-63-25-24-62-23-22-60-7)43(56)50-39(32-35-14-10-9-11-15-35)40(55)34-54(53-44(57)42(48(4,5)6)51-45(58)61-8)33-36-17-19-37(20-18-36)38-16-12-13-21-49-38/h9-21,39-42,55H,22-34H2,1-8H3,(H,50,56)(H,51,58)(H,52,59)(H,53,57)/t39-,40-,41+,42+/m0/s1/i1D3,2D3,3D3,33D2. The van der Waals surface area contributed by atoms with Crippen LogP contribution in [0.5, 0.6) is 0 Å². The molecule has 0 aliphatic carbocycles. The Balaban J connectivity index is 2.01. The number of nitrogens with one attached hydrogen (secondary N) is 4. The number of carbonyl (C=O) groups is 4. The molecule has 1 aromatic heterocycles. The van der Waals surface area contributed by atoms with Crippen LogP contribution in [-0.4, -0.2) is 150 Å². The SMILES string of the molecule is [2H]C([2H])(c1ccc(-c2ccccn2)cc1)N(C[C@H](O)[C@H](Cc1ccccc1)NC(=O)[C@@H](NC(=O)OCCOCCOCCOCCOCCOC)C(C([2H])([2H])[2H])(C([2H])([2H])[2H])C([2H])([2H])[2H])NC(=O)[C@@H](NC(=O)OC)C(C)(C)C. The third kappa shape index (κ3) is 21.4. The van der Waals surface area contributed by atoms with E-state index in [1.807, 2.05) is 5.32 Å². The first-order valence-corrected chi connectivity index (χ1v) is 21.2. The maximum Gasteiger partial charge on any atom is 0.407 e. The van der Waals surface area contributed by atoms with Crippen LogP contribution in [0.25, 0.3) is 11.3 Å². The second kappa shape index (κ2) is 29.4. The van der Waals surface area contributed by atoms with Gasteiger partial charge in [0.05, 0.1) is 87.2 Å². The lowest BCUT2D eigenvalue weighted by atomic mass is 9.85. The van der Waals surface area contributed by atoms with Crippen molar-refractivity contribution in [3.63, 3.8) is 0 Å². The first-order chi connectivity index (χ1) is 36.0. The third-order valence-electron chi connectivity index (χ3n) is 9.36. The highest BCUT2D eigenvalue weighted by Gasteiger charge is 2.37. The predicted molar refractivity (Wildman–Crippen MR) is 248 cm³/mol. The van der Waals surface area contributed by atoms with Crippen molar-refractivity contribution >= 4 is 24.0 Å². The molecule has 0 bridgehead atoms. The molecule has 0 aliphatic rings. The van der Waals surface area contributed by atoms with Gasteiger partial charge in [-0.05, 0) is 40.5 Å². The fraction of sp³-hybridized carbons (Fsp3) is 0.562. The first-order valence-electron chi connectivity index (χ1n) is 26.7. The molecule has 66 heavy (non-hydrogen) atoms. The Kier molecular flexibility index (Phi) is 17.8. The summed E-state index contributed by atoms with van der Waals surface area (Å²) in [6.45, 7) is -9.58. The number of carbonyl (C=O) groups excluding carboxylic acids is 4. The number of benzene rings is 2. The molecule has 0 radical (unpaired) electrons. The van der Waals surface area contributed by atoms with E-state index in [1.54, 1.807) is 94.7 Å². The van der Waals surface area contributed by atoms with Crippen LogP contribution < -0.4 is 21.4 Å². The highest BCUT2D eigenvalue weighted by atomic mass is 16.6. The minimum Gasteiger partial charge on any atom is -0.453 e. The normalized spacial score (nSPS) is 16.8. The number of methoxy groups -OCH3 is 2. The van der Waals surface area contributed by atoms with Crippen molar-refractivity contribution in [2.45, 2.75) is 78.5 Å². The number of nitrogens with zero attached hydrogens (tertiary/aromatic N) is 2. The Morgan fingerprint density at radius 2 is 1.24 bits per heavy atom. The monoisotopic (exact) mass is 936 g/mol. The Labute approximate surface area is 405 Å². The van der Waals surface area contributed by atoms with Crippen LogP contribution in [0.15, 0.2) is 79.0 Å². The van der Waals surface area contributed by atoms with Crippen LogP contribution in [0.1, 0.15) is 67.5 Å². The Bertz CT molecular complexity index is 2230. The molecule has 4 amide bonds. The van der Waals surface area contributed by atoms with E-state index in [0.29, 0.717) is 48.3 Å². The molecule has 18 nitrogen and oxygen atoms in total. The van der Waals surface area contributed by atoms with Gasteiger partial charge in [0.1, 0.15) is 18.7 Å². The second-order valence-corrected chi connectivity index (χ2v) is 15.8. The number of pyridine rings is 1. The molecular formula is C48H72N6O12. The fourth-order valence-corrected chi connectivity index (χ4v) is 5.93. The molecule has 4 atom stereocenters. The summed E-state index contributed by atoms with van der Waals surface area (Å²) in [7, 11) is 2.64. The Hall–Kier alpha value is -5.21. The quantitative estimate of drug-likeness (QED) is 0.0485. The molecule has 0 saturated carbocycles. The minimum atomic E-state index is -4.05. The number of ether oxygens (including phenoxy) is 7. The van der Waals surface area contributed by atoms with Gasteiger partial charge in [-0.2, -0.15) is 0 Å². The van der Waals surface area contributed by atoms with E-state index in [9.17, 15) is 27.0 Å². The van der Waals surface area contributed by atoms with Crippen LogP contribution in [0.2, 0.25) is 0 Å². The number of aliphatic hydroxyl groups excluding tert-OH is 1. The summed E-state index contributed by atoms with van der Waals surface area (Å²) in [5.74, 6) is -2.69. The lowest BCUT2D eigenvalue weighted by Gasteiger charge is -2.35. The number of hydrogen-bond acceptors (Lipinski definition) is 14. The number of hydrogen-bond donors (Lipinski definition) is 5. The number of rotatable bonds is 29. The highest BCUT2D eigenvalue weighted by Crippen LogP contribution is 2.23. The molecule has 1 heterocycles. The van der Waals surface area contributed by atoms with Gasteiger partial charge in [-0.3, -0.25) is 20.0 Å². The van der Waals surface area contributed by atoms with Gasteiger partial charge in [0, 0.05) is 44.2 Å². The molecule has 366 valence electrons. The third-order valence-corrected chi connectivity index (χ3v) is 9.36. The topological polar surface area (TPSA) is 217 Å². The average molecular weight is 936 g/mol. The summed E-state index contributed by atoms with van der Waals surface area (Å²) < 4.78 is 131. The van der Waals surface area contributed by atoms with Gasteiger partial charge in [-0.25, -0.2) is 14.6 Å². The molecule has 0 unspecified atom stereocenters. The number of aliphatic hydroxyl groups is 1. The van der Waals surface area contributed by atoms with Crippen LogP contribution >= 0.6 is 0 Å². The van der Waals surface area contributed by atoms with Crippen LogP contribution in [-0.2, 0) is 55.7 Å². The Morgan fingerprint density at radius 1 is 0.682 bits per heavy atom. The maximum atomic E-state index is 14.8. The lowest BCUT2D eigenvalue weighted by molar-refractivity contribution is -0.132. The molecule has 0 aliphatic heterocycles. The van der Waals surface area contributed by atoms with Crippen molar-refractivity contribution in [3.05, 3.63) is 90.1 Å². The highest BCUT2D eigenvalue weighted by molar-refractivity contribution is 5.87. The van der Waals surface area contributed by atoms with Gasteiger partial charge < -0.3 is 54.2 Å². The van der Waals surface area contributed by atoms with Crippen molar-refractivity contribution in [1.82, 2.24) is 31.4 Å². The van der Waals surface area contributed by atoms with Crippen LogP contribution in [0, 0.1) is 10.8 Å². The fourth-order valence-electron chi connectivity index (χ4n) is 5.93. The smallest absolute Gasteiger partial charge is 0.407 e. The first kappa shape index (κ1) is 39.9. The van der Waals surface area contributed by atoms with Gasteiger partial charge in [0.15, 0.2) is 0 Å². The molecule has 0 fully saturated rings. The van der Waals surface area contributed by atoms with E-state index in [0.717, 1.165) is 7.11 Å². The average Bonchev–Trinajstić information content (AvgIpc) is 3.35. The molecule has 2 aromatic carbocycles. The molecule has 0 spiro atoms. The van der Waals surface area contributed by atoms with E-state index >= 15 is 0 Å². The number of alkyl carbamates (subject to hydrolysis) is 2. The van der Waals surface area contributed by atoms with E-state index in [1.165, 1.54) is 12.1 Å². The van der Waals surface area contributed by atoms with Crippen molar-refractivity contribution in [2.24, 2.45) is 10.8 Å². The van der Waals surface area contributed by atoms with Gasteiger partial charge in [0.2, 0.25) is 5.91 Å². The van der Waals surface area contributed by atoms with E-state index in [2.05, 4.69) is 21.0 Å². The number of amides is 4. The maximum absolute atomic E-state index is 14.8. The molecule has 3 rings (SSSR count). The summed E-state index contributed by atoms with van der Waals surface area (Å²) in [6.07, 6.45) is -3.42. The summed E-state index contributed by atoms with van der Waals surface area (Å²) in [6, 6.07) is 13.1. The summed E-state index contributed by atoms with van der Waals surface area (Å²) in [4.78, 5) is 59.3.